The van der Waals surface area contributed by atoms with Crippen molar-refractivity contribution < 1.29 is 13.9 Å². The highest BCUT2D eigenvalue weighted by molar-refractivity contribution is 5.30. The van der Waals surface area contributed by atoms with Crippen molar-refractivity contribution in [2.75, 3.05) is 0 Å². The molecule has 3 nitrogen and oxygen atoms in total. The Kier molecular flexibility index (Phi) is 3.27. The molecule has 0 atom stereocenters. The number of nitrogens with two attached hydrogens (primary N) is 1. The summed E-state index contributed by atoms with van der Waals surface area (Å²) in [7, 11) is 0. The van der Waals surface area contributed by atoms with E-state index in [-0.39, 0.29) is 17.8 Å². The van der Waals surface area contributed by atoms with Crippen LogP contribution in [0.1, 0.15) is 23.2 Å². The summed E-state index contributed by atoms with van der Waals surface area (Å²) in [4.78, 5) is 3.49. The van der Waals surface area contributed by atoms with E-state index in [1.165, 1.54) is 12.3 Å². The predicted molar refractivity (Wildman–Crippen MR) is 43.0 cm³/mol. The molecule has 3 N–H and O–H groups in total. The van der Waals surface area contributed by atoms with E-state index in [2.05, 4.69) is 4.98 Å². The minimum absolute atomic E-state index is 0.123. The Labute approximate surface area is 74.2 Å². The summed E-state index contributed by atoms with van der Waals surface area (Å²) in [6.45, 7) is -0.335. The normalized spacial score (nSPS) is 10.8. The average molecular weight is 188 g/mol. The molecule has 0 spiro atoms. The van der Waals surface area contributed by atoms with E-state index >= 15 is 0 Å². The van der Waals surface area contributed by atoms with Gasteiger partial charge in [0.2, 0.25) is 0 Å². The van der Waals surface area contributed by atoms with E-state index < -0.39 is 13.0 Å². The first-order valence-corrected chi connectivity index (χ1v) is 3.76. The van der Waals surface area contributed by atoms with Gasteiger partial charge in [-0.1, -0.05) is 0 Å². The average Bonchev–Trinajstić information content (AvgIpc) is 2.16. The quantitative estimate of drug-likeness (QED) is 0.743. The molecular weight excluding hydrogens is 178 g/mol. The van der Waals surface area contributed by atoms with E-state index in [0.717, 1.165) is 0 Å². The molecule has 0 aliphatic rings. The fraction of sp³-hybridized carbons (Fsp3) is 0.375. The van der Waals surface area contributed by atoms with Crippen LogP contribution in [0.25, 0.3) is 0 Å². The van der Waals surface area contributed by atoms with Crippen LogP contribution in [0.4, 0.5) is 8.78 Å². The number of rotatable bonds is 3. The van der Waals surface area contributed by atoms with Gasteiger partial charge in [-0.3, -0.25) is 4.98 Å². The molecule has 0 fully saturated rings. The number of aliphatic hydroxyl groups excluding tert-OH is 1. The summed E-state index contributed by atoms with van der Waals surface area (Å²) in [5.41, 5.74) is 5.57. The number of halogens is 2. The second kappa shape index (κ2) is 4.25. The molecule has 0 amide bonds. The zero-order valence-corrected chi connectivity index (χ0v) is 6.87. The summed E-state index contributed by atoms with van der Waals surface area (Å²) >= 11 is 0. The largest absolute Gasteiger partial charge is 0.392 e. The highest BCUT2D eigenvalue weighted by Crippen LogP contribution is 2.22. The second-order valence-corrected chi connectivity index (χ2v) is 2.50. The Morgan fingerprint density at radius 3 is 2.69 bits per heavy atom. The minimum Gasteiger partial charge on any atom is -0.392 e. The van der Waals surface area contributed by atoms with E-state index in [1.54, 1.807) is 0 Å². The first-order valence-electron chi connectivity index (χ1n) is 3.76. The molecule has 13 heavy (non-hydrogen) atoms. The third kappa shape index (κ3) is 1.99. The summed E-state index contributed by atoms with van der Waals surface area (Å²) in [6.07, 6.45) is -1.41. The second-order valence-electron chi connectivity index (χ2n) is 2.50. The van der Waals surface area contributed by atoms with Crippen LogP contribution in [0.2, 0.25) is 0 Å². The van der Waals surface area contributed by atoms with Crippen molar-refractivity contribution in [1.29, 1.82) is 0 Å². The Bertz CT molecular complexity index is 291. The third-order valence-corrected chi connectivity index (χ3v) is 1.77. The first-order chi connectivity index (χ1) is 6.20. The van der Waals surface area contributed by atoms with Gasteiger partial charge in [0.15, 0.2) is 0 Å². The predicted octanol–water partition coefficient (Wildman–Crippen LogP) is 0.970. The number of aliphatic hydroxyl groups is 1. The maximum atomic E-state index is 12.3. The summed E-state index contributed by atoms with van der Waals surface area (Å²) < 4.78 is 24.6. The number of pyridine rings is 1. The van der Waals surface area contributed by atoms with Crippen LogP contribution >= 0.6 is 0 Å². The lowest BCUT2D eigenvalue weighted by atomic mass is 10.1. The lowest BCUT2D eigenvalue weighted by Gasteiger charge is -2.09. The van der Waals surface area contributed by atoms with Gasteiger partial charge in [0.05, 0.1) is 6.61 Å². The molecule has 0 saturated heterocycles. The number of aromatic nitrogens is 1. The van der Waals surface area contributed by atoms with Gasteiger partial charge in [-0.15, -0.1) is 0 Å². The molecular formula is C8H10F2N2O. The molecule has 5 heteroatoms. The molecule has 0 radical (unpaired) electrons. The van der Waals surface area contributed by atoms with Crippen molar-refractivity contribution in [3.05, 3.63) is 29.1 Å². The molecule has 0 aliphatic heterocycles. The summed E-state index contributed by atoms with van der Waals surface area (Å²) in [5.74, 6) is 0. The van der Waals surface area contributed by atoms with Gasteiger partial charge in [0.25, 0.3) is 6.43 Å². The van der Waals surface area contributed by atoms with Crippen molar-refractivity contribution >= 4 is 0 Å². The van der Waals surface area contributed by atoms with E-state index in [9.17, 15) is 8.78 Å². The van der Waals surface area contributed by atoms with Gasteiger partial charge >= 0.3 is 0 Å². The van der Waals surface area contributed by atoms with Gasteiger partial charge < -0.3 is 10.8 Å². The monoisotopic (exact) mass is 188 g/mol. The maximum Gasteiger partial charge on any atom is 0.280 e. The molecule has 72 valence electrons. The number of hydrogen-bond acceptors (Lipinski definition) is 3. The van der Waals surface area contributed by atoms with E-state index in [0.29, 0.717) is 5.56 Å². The Balaban J connectivity index is 3.19. The van der Waals surface area contributed by atoms with Crippen LogP contribution in [0.3, 0.4) is 0 Å². The van der Waals surface area contributed by atoms with Crippen LogP contribution in [0.15, 0.2) is 12.3 Å². The van der Waals surface area contributed by atoms with Gasteiger partial charge in [-0.05, 0) is 11.6 Å². The molecule has 0 saturated carbocycles. The van der Waals surface area contributed by atoms with Crippen LogP contribution in [-0.4, -0.2) is 10.1 Å². The number of alkyl halides is 2. The highest BCUT2D eigenvalue weighted by Gasteiger charge is 2.16. The van der Waals surface area contributed by atoms with Gasteiger partial charge in [-0.25, -0.2) is 8.78 Å². The molecule has 0 aliphatic carbocycles. The van der Waals surface area contributed by atoms with Crippen LogP contribution in [0.5, 0.6) is 0 Å². The van der Waals surface area contributed by atoms with Crippen LogP contribution in [0, 0.1) is 0 Å². The Hall–Kier alpha value is -1.07. The van der Waals surface area contributed by atoms with Gasteiger partial charge in [-0.2, -0.15) is 0 Å². The number of nitrogens with zero attached hydrogens (tertiary/aromatic N) is 1. The zero-order valence-electron chi connectivity index (χ0n) is 6.87. The van der Waals surface area contributed by atoms with Gasteiger partial charge in [0.1, 0.15) is 5.69 Å². The topological polar surface area (TPSA) is 59.1 Å². The fourth-order valence-electron chi connectivity index (χ4n) is 1.11. The molecule has 0 unspecified atom stereocenters. The SMILES string of the molecule is NCc1ccnc(C(F)F)c1CO. The van der Waals surface area contributed by atoms with Crippen LogP contribution in [-0.2, 0) is 13.2 Å². The lowest BCUT2D eigenvalue weighted by molar-refractivity contribution is 0.141. The molecule has 1 heterocycles. The molecule has 1 rings (SSSR count). The van der Waals surface area contributed by atoms with Crippen molar-refractivity contribution in [2.45, 2.75) is 19.6 Å². The fourth-order valence-corrected chi connectivity index (χ4v) is 1.11. The van der Waals surface area contributed by atoms with E-state index in [4.69, 9.17) is 10.8 Å². The highest BCUT2D eigenvalue weighted by atomic mass is 19.3. The lowest BCUT2D eigenvalue weighted by Crippen LogP contribution is -2.07. The van der Waals surface area contributed by atoms with Crippen LogP contribution < -0.4 is 5.73 Å². The number of hydrogen-bond donors (Lipinski definition) is 2. The van der Waals surface area contributed by atoms with E-state index in [1.807, 2.05) is 0 Å². The molecule has 1 aromatic heterocycles. The third-order valence-electron chi connectivity index (χ3n) is 1.77. The summed E-state index contributed by atoms with van der Waals surface area (Å²) in [5, 5.41) is 8.85. The Morgan fingerprint density at radius 1 is 1.54 bits per heavy atom. The molecule has 1 aromatic rings. The smallest absolute Gasteiger partial charge is 0.280 e. The van der Waals surface area contributed by atoms with Crippen molar-refractivity contribution in [3.8, 4) is 0 Å². The first kappa shape index (κ1) is 10.0. The minimum atomic E-state index is -2.67. The zero-order chi connectivity index (χ0) is 9.84. The molecule has 0 bridgehead atoms. The van der Waals surface area contributed by atoms with Crippen molar-refractivity contribution in [3.63, 3.8) is 0 Å². The van der Waals surface area contributed by atoms with Crippen molar-refractivity contribution in [2.24, 2.45) is 5.73 Å². The maximum absolute atomic E-state index is 12.3. The van der Waals surface area contributed by atoms with Gasteiger partial charge in [0, 0.05) is 18.3 Å². The summed E-state index contributed by atoms with van der Waals surface area (Å²) in [6, 6.07) is 1.53. The standard InChI is InChI=1S/C8H10F2N2O/c9-8(10)7-6(4-13)5(3-11)1-2-12-7/h1-2,8,13H,3-4,11H2. The Morgan fingerprint density at radius 2 is 2.23 bits per heavy atom. The van der Waals surface area contributed by atoms with Crippen molar-refractivity contribution in [1.82, 2.24) is 4.98 Å². The molecule has 0 aromatic carbocycles.